The molecule has 0 aromatic carbocycles. The van der Waals surface area contributed by atoms with Gasteiger partial charge in [-0.2, -0.15) is 13.2 Å². The minimum Gasteiger partial charge on any atom is -0.481 e. The monoisotopic (exact) mass is 308 g/mol. The summed E-state index contributed by atoms with van der Waals surface area (Å²) in [4.78, 5) is 13.0. The second-order valence-corrected chi connectivity index (χ2v) is 4.00. The van der Waals surface area contributed by atoms with E-state index in [0.717, 1.165) is 25.3 Å². The minimum atomic E-state index is -5.08. The molecular formula is C12H15F3N2O4. The number of aromatic nitrogens is 1. The molecule has 0 amide bonds. The second kappa shape index (κ2) is 7.79. The molecule has 0 radical (unpaired) electrons. The molecule has 9 heteroatoms. The number of morpholine rings is 1. The van der Waals surface area contributed by atoms with Crippen molar-refractivity contribution in [3.8, 4) is 5.88 Å². The minimum absolute atomic E-state index is 0.127. The number of ether oxygens (including phenoxy) is 2. The summed E-state index contributed by atoms with van der Waals surface area (Å²) in [5.74, 6) is -2.12. The van der Waals surface area contributed by atoms with Gasteiger partial charge in [0, 0.05) is 30.9 Å². The van der Waals surface area contributed by atoms with E-state index in [1.807, 2.05) is 12.1 Å². The Morgan fingerprint density at radius 3 is 2.57 bits per heavy atom. The van der Waals surface area contributed by atoms with E-state index in [-0.39, 0.29) is 6.10 Å². The second-order valence-electron chi connectivity index (χ2n) is 4.00. The number of carboxylic acids is 1. The topological polar surface area (TPSA) is 80.7 Å². The Kier molecular flexibility index (Phi) is 6.38. The fourth-order valence-electron chi connectivity index (χ4n) is 1.48. The highest BCUT2D eigenvalue weighted by Crippen LogP contribution is 2.19. The highest BCUT2D eigenvalue weighted by atomic mass is 19.4. The number of methoxy groups -OCH3 is 1. The third-order valence-electron chi connectivity index (χ3n) is 2.51. The van der Waals surface area contributed by atoms with Gasteiger partial charge in [0.2, 0.25) is 5.88 Å². The number of carbonyl (C=O) groups is 1. The maximum atomic E-state index is 10.6. The summed E-state index contributed by atoms with van der Waals surface area (Å²) < 4.78 is 42.3. The van der Waals surface area contributed by atoms with Gasteiger partial charge in [-0.3, -0.25) is 0 Å². The number of hydrogen-bond donors (Lipinski definition) is 2. The molecule has 1 fully saturated rings. The fourth-order valence-corrected chi connectivity index (χ4v) is 1.48. The van der Waals surface area contributed by atoms with E-state index in [1.54, 1.807) is 13.3 Å². The lowest BCUT2D eigenvalue weighted by Gasteiger charge is -2.23. The van der Waals surface area contributed by atoms with Gasteiger partial charge in [-0.25, -0.2) is 9.78 Å². The molecule has 6 nitrogen and oxygen atoms in total. The highest BCUT2D eigenvalue weighted by molar-refractivity contribution is 5.73. The average Bonchev–Trinajstić information content (AvgIpc) is 2.48. The quantitative estimate of drug-likeness (QED) is 0.859. The molecule has 2 rings (SSSR count). The Bertz CT molecular complexity index is 445. The summed E-state index contributed by atoms with van der Waals surface area (Å²) >= 11 is 0. The van der Waals surface area contributed by atoms with Crippen LogP contribution < -0.4 is 10.1 Å². The summed E-state index contributed by atoms with van der Waals surface area (Å²) in [6, 6.07) is 3.84. The van der Waals surface area contributed by atoms with Crippen molar-refractivity contribution < 1.29 is 32.5 Å². The van der Waals surface area contributed by atoms with Gasteiger partial charge in [0.05, 0.1) is 19.8 Å². The molecule has 1 saturated heterocycles. The van der Waals surface area contributed by atoms with Crippen molar-refractivity contribution in [1.82, 2.24) is 10.3 Å². The van der Waals surface area contributed by atoms with E-state index >= 15 is 0 Å². The van der Waals surface area contributed by atoms with Gasteiger partial charge in [0.15, 0.2) is 0 Å². The number of aliphatic carboxylic acids is 1. The maximum absolute atomic E-state index is 10.6. The van der Waals surface area contributed by atoms with E-state index in [9.17, 15) is 13.2 Å². The Morgan fingerprint density at radius 1 is 1.52 bits per heavy atom. The van der Waals surface area contributed by atoms with E-state index in [1.165, 1.54) is 0 Å². The summed E-state index contributed by atoms with van der Waals surface area (Å²) in [6.07, 6.45) is -3.15. The van der Waals surface area contributed by atoms with Crippen LogP contribution in [0.2, 0.25) is 0 Å². The van der Waals surface area contributed by atoms with Crippen molar-refractivity contribution in [2.24, 2.45) is 0 Å². The first-order valence-corrected chi connectivity index (χ1v) is 5.97. The van der Waals surface area contributed by atoms with Crippen LogP contribution in [0.5, 0.6) is 5.88 Å². The highest BCUT2D eigenvalue weighted by Gasteiger charge is 2.38. The number of hydrogen-bond acceptors (Lipinski definition) is 5. The van der Waals surface area contributed by atoms with Crippen LogP contribution in [0.4, 0.5) is 13.2 Å². The number of rotatable bonds is 2. The Labute approximate surface area is 118 Å². The van der Waals surface area contributed by atoms with Crippen LogP contribution in [-0.4, -0.2) is 49.0 Å². The molecular weight excluding hydrogens is 293 g/mol. The SMILES string of the molecule is COc1ccc([C@H]2CNCCO2)cn1.O=C(O)C(F)(F)F. The van der Waals surface area contributed by atoms with Gasteiger partial charge in [0.1, 0.15) is 0 Å². The Hall–Kier alpha value is -1.87. The molecule has 21 heavy (non-hydrogen) atoms. The van der Waals surface area contributed by atoms with Crippen molar-refractivity contribution >= 4 is 5.97 Å². The number of pyridine rings is 1. The third-order valence-corrected chi connectivity index (χ3v) is 2.51. The van der Waals surface area contributed by atoms with Crippen LogP contribution in [0.25, 0.3) is 0 Å². The van der Waals surface area contributed by atoms with Crippen LogP contribution >= 0.6 is 0 Å². The van der Waals surface area contributed by atoms with Crippen LogP contribution in [-0.2, 0) is 9.53 Å². The van der Waals surface area contributed by atoms with Gasteiger partial charge in [0.25, 0.3) is 0 Å². The normalized spacial score (nSPS) is 18.4. The predicted octanol–water partition coefficient (Wildman–Crippen LogP) is 1.38. The Morgan fingerprint density at radius 2 is 2.19 bits per heavy atom. The molecule has 2 heterocycles. The molecule has 118 valence electrons. The first-order valence-electron chi connectivity index (χ1n) is 5.97. The number of carboxylic acid groups (broad SMARTS) is 1. The third kappa shape index (κ3) is 5.96. The molecule has 2 N–H and O–H groups in total. The van der Waals surface area contributed by atoms with E-state index in [2.05, 4.69) is 10.3 Å². The molecule has 1 aliphatic heterocycles. The zero-order chi connectivity index (χ0) is 15.9. The smallest absolute Gasteiger partial charge is 0.481 e. The maximum Gasteiger partial charge on any atom is 0.490 e. The van der Waals surface area contributed by atoms with Crippen molar-refractivity contribution in [2.45, 2.75) is 12.3 Å². The summed E-state index contributed by atoms with van der Waals surface area (Å²) in [5.41, 5.74) is 1.10. The summed E-state index contributed by atoms with van der Waals surface area (Å²) in [5, 5.41) is 10.4. The largest absolute Gasteiger partial charge is 0.490 e. The summed E-state index contributed by atoms with van der Waals surface area (Å²) in [7, 11) is 1.61. The zero-order valence-electron chi connectivity index (χ0n) is 11.2. The molecule has 1 aliphatic rings. The van der Waals surface area contributed by atoms with E-state index in [4.69, 9.17) is 19.4 Å². The molecule has 0 aliphatic carbocycles. The molecule has 0 saturated carbocycles. The first kappa shape index (κ1) is 17.2. The van der Waals surface area contributed by atoms with Crippen molar-refractivity contribution in [1.29, 1.82) is 0 Å². The lowest BCUT2D eigenvalue weighted by Crippen LogP contribution is -2.33. The van der Waals surface area contributed by atoms with Crippen LogP contribution in [0, 0.1) is 0 Å². The number of nitrogens with zero attached hydrogens (tertiary/aromatic N) is 1. The number of alkyl halides is 3. The molecule has 1 aromatic heterocycles. The number of halogens is 3. The first-order chi connectivity index (χ1) is 9.84. The zero-order valence-corrected chi connectivity index (χ0v) is 11.2. The predicted molar refractivity (Wildman–Crippen MR) is 66.0 cm³/mol. The van der Waals surface area contributed by atoms with Crippen molar-refractivity contribution in [3.05, 3.63) is 23.9 Å². The van der Waals surface area contributed by atoms with Crippen LogP contribution in [0.3, 0.4) is 0 Å². The molecule has 0 unspecified atom stereocenters. The Balaban J connectivity index is 0.000000270. The molecule has 0 spiro atoms. The van der Waals surface area contributed by atoms with Gasteiger partial charge in [-0.15, -0.1) is 0 Å². The van der Waals surface area contributed by atoms with Gasteiger partial charge < -0.3 is 19.9 Å². The van der Waals surface area contributed by atoms with Crippen molar-refractivity contribution in [3.63, 3.8) is 0 Å². The summed E-state index contributed by atoms with van der Waals surface area (Å²) in [6.45, 7) is 2.55. The van der Waals surface area contributed by atoms with Gasteiger partial charge >= 0.3 is 12.1 Å². The molecule has 1 atom stereocenters. The molecule has 0 bridgehead atoms. The van der Waals surface area contributed by atoms with Crippen LogP contribution in [0.15, 0.2) is 18.3 Å². The molecule has 1 aromatic rings. The fraction of sp³-hybridized carbons (Fsp3) is 0.500. The van der Waals surface area contributed by atoms with Crippen molar-refractivity contribution in [2.75, 3.05) is 26.8 Å². The van der Waals surface area contributed by atoms with Crippen LogP contribution in [0.1, 0.15) is 11.7 Å². The van der Waals surface area contributed by atoms with E-state index in [0.29, 0.717) is 5.88 Å². The lowest BCUT2D eigenvalue weighted by molar-refractivity contribution is -0.192. The van der Waals surface area contributed by atoms with E-state index < -0.39 is 12.1 Å². The average molecular weight is 308 g/mol. The lowest BCUT2D eigenvalue weighted by atomic mass is 10.1. The standard InChI is InChI=1S/C10H14N2O2.C2HF3O2/c1-13-10-3-2-8(6-12-10)9-7-11-4-5-14-9;3-2(4,5)1(6)7/h2-3,6,9,11H,4-5,7H2,1H3;(H,6,7)/t9-;/m1./s1. The number of nitrogens with one attached hydrogen (secondary N) is 1. The van der Waals surface area contributed by atoms with Gasteiger partial charge in [-0.05, 0) is 6.07 Å². The van der Waals surface area contributed by atoms with Gasteiger partial charge in [-0.1, -0.05) is 0 Å².